The maximum absolute atomic E-state index is 11.8. The van der Waals surface area contributed by atoms with E-state index in [0.29, 0.717) is 5.69 Å². The Hall–Kier alpha value is -1.87. The molecule has 0 saturated carbocycles. The third-order valence-corrected chi connectivity index (χ3v) is 2.30. The molecule has 3 nitrogen and oxygen atoms in total. The molecule has 3 N–H and O–H groups in total. The maximum Gasteiger partial charge on any atom is 0.200 e. The Labute approximate surface area is 87.9 Å². The summed E-state index contributed by atoms with van der Waals surface area (Å²) in [6, 6.07) is 12.3. The largest absolute Gasteiger partial charge is 0.359 e. The molecule has 1 atom stereocenters. The van der Waals surface area contributed by atoms with Crippen LogP contribution in [0.4, 0.5) is 0 Å². The van der Waals surface area contributed by atoms with Gasteiger partial charge in [-0.25, -0.2) is 0 Å². The molecule has 15 heavy (non-hydrogen) atoms. The summed E-state index contributed by atoms with van der Waals surface area (Å²) < 4.78 is 0. The number of aromatic nitrogens is 1. The first-order valence-electron chi connectivity index (χ1n) is 4.77. The smallest absolute Gasteiger partial charge is 0.200 e. The SMILES string of the molecule is NC(C(=O)c1ccc[nH]1)c1ccccc1. The van der Waals surface area contributed by atoms with Gasteiger partial charge in [0.1, 0.15) is 0 Å². The number of carbonyl (C=O) groups is 1. The predicted octanol–water partition coefficient (Wildman–Crippen LogP) is 1.90. The zero-order chi connectivity index (χ0) is 10.7. The van der Waals surface area contributed by atoms with Gasteiger partial charge in [0.05, 0.1) is 11.7 Å². The molecule has 0 aliphatic heterocycles. The Morgan fingerprint density at radius 1 is 1.13 bits per heavy atom. The van der Waals surface area contributed by atoms with E-state index in [1.54, 1.807) is 18.3 Å². The third-order valence-electron chi connectivity index (χ3n) is 2.30. The van der Waals surface area contributed by atoms with Crippen LogP contribution in [0, 0.1) is 0 Å². The van der Waals surface area contributed by atoms with Crippen molar-refractivity contribution in [2.24, 2.45) is 5.73 Å². The maximum atomic E-state index is 11.8. The molecule has 1 aromatic heterocycles. The summed E-state index contributed by atoms with van der Waals surface area (Å²) in [6.07, 6.45) is 1.71. The van der Waals surface area contributed by atoms with Gasteiger partial charge in [-0.2, -0.15) is 0 Å². The number of ketones is 1. The highest BCUT2D eigenvalue weighted by molar-refractivity contribution is 5.98. The van der Waals surface area contributed by atoms with E-state index in [9.17, 15) is 4.79 Å². The van der Waals surface area contributed by atoms with Crippen LogP contribution in [0.15, 0.2) is 48.7 Å². The summed E-state index contributed by atoms with van der Waals surface area (Å²) in [5.74, 6) is -0.0915. The van der Waals surface area contributed by atoms with Gasteiger partial charge in [0.2, 0.25) is 0 Å². The third kappa shape index (κ3) is 1.97. The molecule has 0 radical (unpaired) electrons. The van der Waals surface area contributed by atoms with Crippen LogP contribution in [0.3, 0.4) is 0 Å². The van der Waals surface area contributed by atoms with Gasteiger partial charge in [-0.15, -0.1) is 0 Å². The highest BCUT2D eigenvalue weighted by Gasteiger charge is 2.17. The van der Waals surface area contributed by atoms with E-state index in [2.05, 4.69) is 4.98 Å². The Morgan fingerprint density at radius 2 is 1.87 bits per heavy atom. The Bertz CT molecular complexity index is 434. The monoisotopic (exact) mass is 200 g/mol. The van der Waals surface area contributed by atoms with Crippen LogP contribution in [0.1, 0.15) is 22.1 Å². The number of Topliss-reactive ketones (excluding diaryl/α,β-unsaturated/α-hetero) is 1. The lowest BCUT2D eigenvalue weighted by Crippen LogP contribution is -2.21. The molecule has 2 rings (SSSR count). The highest BCUT2D eigenvalue weighted by atomic mass is 16.1. The van der Waals surface area contributed by atoms with Crippen LogP contribution < -0.4 is 5.73 Å². The molecular weight excluding hydrogens is 188 g/mol. The molecule has 1 heterocycles. The van der Waals surface area contributed by atoms with Gasteiger partial charge in [-0.05, 0) is 17.7 Å². The lowest BCUT2D eigenvalue weighted by Gasteiger charge is -2.09. The van der Waals surface area contributed by atoms with Crippen molar-refractivity contribution in [1.29, 1.82) is 0 Å². The number of carbonyl (C=O) groups excluding carboxylic acids is 1. The average molecular weight is 200 g/mol. The van der Waals surface area contributed by atoms with Crippen LogP contribution in [0.5, 0.6) is 0 Å². The number of aromatic amines is 1. The Balaban J connectivity index is 2.23. The zero-order valence-corrected chi connectivity index (χ0v) is 8.18. The first-order chi connectivity index (χ1) is 7.29. The van der Waals surface area contributed by atoms with Crippen LogP contribution in [0.2, 0.25) is 0 Å². The Morgan fingerprint density at radius 3 is 2.47 bits per heavy atom. The molecule has 1 unspecified atom stereocenters. The van der Waals surface area contributed by atoms with E-state index in [1.165, 1.54) is 0 Å². The van der Waals surface area contributed by atoms with E-state index in [0.717, 1.165) is 5.56 Å². The summed E-state index contributed by atoms with van der Waals surface area (Å²) in [5, 5.41) is 0. The van der Waals surface area contributed by atoms with Crippen LogP contribution >= 0.6 is 0 Å². The van der Waals surface area contributed by atoms with Crippen molar-refractivity contribution in [2.75, 3.05) is 0 Å². The number of H-pyrrole nitrogens is 1. The van der Waals surface area contributed by atoms with Crippen molar-refractivity contribution >= 4 is 5.78 Å². The highest BCUT2D eigenvalue weighted by Crippen LogP contribution is 2.14. The van der Waals surface area contributed by atoms with E-state index < -0.39 is 6.04 Å². The van der Waals surface area contributed by atoms with E-state index in [4.69, 9.17) is 5.73 Å². The summed E-state index contributed by atoms with van der Waals surface area (Å²) in [4.78, 5) is 14.7. The lowest BCUT2D eigenvalue weighted by atomic mass is 10.0. The minimum Gasteiger partial charge on any atom is -0.359 e. The summed E-state index contributed by atoms with van der Waals surface area (Å²) >= 11 is 0. The van der Waals surface area contributed by atoms with Gasteiger partial charge in [0.25, 0.3) is 0 Å². The van der Waals surface area contributed by atoms with E-state index >= 15 is 0 Å². The average Bonchev–Trinajstić information content (AvgIpc) is 2.82. The molecule has 3 heteroatoms. The number of rotatable bonds is 3. The molecule has 1 aromatic carbocycles. The molecule has 2 aromatic rings. The van der Waals surface area contributed by atoms with Crippen LogP contribution in [0.25, 0.3) is 0 Å². The van der Waals surface area contributed by atoms with Crippen molar-refractivity contribution in [2.45, 2.75) is 6.04 Å². The molecule has 76 valence electrons. The standard InChI is InChI=1S/C12H12N2O/c13-11(9-5-2-1-3-6-9)12(15)10-7-4-8-14-10/h1-8,11,14H,13H2. The van der Waals surface area contributed by atoms with Gasteiger partial charge in [0, 0.05) is 6.20 Å². The second kappa shape index (κ2) is 4.11. The van der Waals surface area contributed by atoms with Crippen LogP contribution in [-0.2, 0) is 0 Å². The molecule has 0 fully saturated rings. The molecular formula is C12H12N2O. The van der Waals surface area contributed by atoms with Gasteiger partial charge in [-0.3, -0.25) is 4.79 Å². The second-order valence-corrected chi connectivity index (χ2v) is 3.34. The van der Waals surface area contributed by atoms with Crippen molar-refractivity contribution in [3.8, 4) is 0 Å². The van der Waals surface area contributed by atoms with Crippen LogP contribution in [-0.4, -0.2) is 10.8 Å². The summed E-state index contributed by atoms with van der Waals surface area (Å²) in [6.45, 7) is 0. The molecule has 0 aliphatic carbocycles. The lowest BCUT2D eigenvalue weighted by molar-refractivity contribution is 0.0957. The fraction of sp³-hybridized carbons (Fsp3) is 0.0833. The fourth-order valence-corrected chi connectivity index (χ4v) is 1.46. The van der Waals surface area contributed by atoms with Crippen molar-refractivity contribution in [3.05, 3.63) is 59.9 Å². The van der Waals surface area contributed by atoms with Crippen molar-refractivity contribution in [3.63, 3.8) is 0 Å². The normalized spacial score (nSPS) is 12.3. The minimum absolute atomic E-state index is 0.0915. The molecule has 0 amide bonds. The predicted molar refractivity (Wildman–Crippen MR) is 58.5 cm³/mol. The summed E-state index contributed by atoms with van der Waals surface area (Å²) in [5.41, 5.74) is 7.24. The fourth-order valence-electron chi connectivity index (χ4n) is 1.46. The quantitative estimate of drug-likeness (QED) is 0.743. The Kier molecular flexibility index (Phi) is 2.65. The number of hydrogen-bond donors (Lipinski definition) is 2. The molecule has 0 saturated heterocycles. The number of hydrogen-bond acceptors (Lipinski definition) is 2. The second-order valence-electron chi connectivity index (χ2n) is 3.34. The van der Waals surface area contributed by atoms with Gasteiger partial charge in [0.15, 0.2) is 5.78 Å². The molecule has 0 spiro atoms. The topological polar surface area (TPSA) is 58.9 Å². The van der Waals surface area contributed by atoms with E-state index in [-0.39, 0.29) is 5.78 Å². The van der Waals surface area contributed by atoms with Gasteiger partial charge < -0.3 is 10.7 Å². The van der Waals surface area contributed by atoms with Crippen molar-refractivity contribution < 1.29 is 4.79 Å². The van der Waals surface area contributed by atoms with Crippen molar-refractivity contribution in [1.82, 2.24) is 4.98 Å². The first-order valence-corrected chi connectivity index (χ1v) is 4.77. The number of nitrogens with two attached hydrogens (primary N) is 1. The minimum atomic E-state index is -0.593. The van der Waals surface area contributed by atoms with E-state index in [1.807, 2.05) is 30.3 Å². The molecule has 0 bridgehead atoms. The molecule has 0 aliphatic rings. The van der Waals surface area contributed by atoms with Gasteiger partial charge in [-0.1, -0.05) is 30.3 Å². The summed E-state index contributed by atoms with van der Waals surface area (Å²) in [7, 11) is 0. The van der Waals surface area contributed by atoms with Gasteiger partial charge >= 0.3 is 0 Å². The number of benzene rings is 1. The zero-order valence-electron chi connectivity index (χ0n) is 8.18. The number of nitrogens with one attached hydrogen (secondary N) is 1. The first kappa shape index (κ1) is 9.68.